The Labute approximate surface area is 155 Å². The van der Waals surface area contributed by atoms with Crippen LogP contribution in [0.3, 0.4) is 0 Å². The number of methoxy groups -OCH3 is 1. The number of hydrogen-bond donors (Lipinski definition) is 1. The lowest BCUT2D eigenvalue weighted by Gasteiger charge is -2.10. The third-order valence-corrected chi connectivity index (χ3v) is 4.26. The molecule has 0 amide bonds. The Kier molecular flexibility index (Phi) is 4.42. The zero-order chi connectivity index (χ0) is 18.8. The molecule has 0 aliphatic rings. The highest BCUT2D eigenvalue weighted by Crippen LogP contribution is 2.25. The minimum Gasteiger partial charge on any atom is -0.497 e. The third kappa shape index (κ3) is 3.44. The first-order chi connectivity index (χ1) is 13.1. The number of aromatic nitrogens is 4. The fourth-order valence-corrected chi connectivity index (χ4v) is 2.91. The van der Waals surface area contributed by atoms with E-state index in [1.807, 2.05) is 49.5 Å². The van der Waals surface area contributed by atoms with Crippen molar-refractivity contribution in [3.05, 3.63) is 71.9 Å². The van der Waals surface area contributed by atoms with E-state index >= 15 is 0 Å². The molecule has 7 heteroatoms. The summed E-state index contributed by atoms with van der Waals surface area (Å²) >= 11 is 0. The Hall–Kier alpha value is -3.48. The van der Waals surface area contributed by atoms with E-state index in [2.05, 4.69) is 20.6 Å². The fourth-order valence-electron chi connectivity index (χ4n) is 2.91. The van der Waals surface area contributed by atoms with Gasteiger partial charge in [-0.15, -0.1) is 5.10 Å². The zero-order valence-electron chi connectivity index (χ0n) is 15.0. The summed E-state index contributed by atoms with van der Waals surface area (Å²) in [5, 5.41) is 12.4. The van der Waals surface area contributed by atoms with Crippen molar-refractivity contribution in [2.45, 2.75) is 13.5 Å². The van der Waals surface area contributed by atoms with Gasteiger partial charge in [-0.25, -0.2) is 14.1 Å². The lowest BCUT2D eigenvalue weighted by molar-refractivity contribution is 0.414. The molecule has 0 unspecified atom stereocenters. The Morgan fingerprint density at radius 1 is 1.15 bits per heavy atom. The van der Waals surface area contributed by atoms with Gasteiger partial charge >= 0.3 is 0 Å². The predicted molar refractivity (Wildman–Crippen MR) is 102 cm³/mol. The normalized spacial score (nSPS) is 10.9. The minimum atomic E-state index is -0.329. The molecule has 4 aromatic rings. The number of fused-ring (bicyclic) bond motifs is 1. The number of benzene rings is 2. The van der Waals surface area contributed by atoms with Gasteiger partial charge in [0.15, 0.2) is 0 Å². The smallest absolute Gasteiger partial charge is 0.149 e. The van der Waals surface area contributed by atoms with E-state index < -0.39 is 0 Å². The standard InChI is InChI=1S/C20H18FN5O/c1-13-10-19(17-4-3-5-18(21)20(17)23-13)22-11-14-12-26(25-24-14)15-6-8-16(27-2)9-7-15/h3-10,12H,11H2,1-2H3,(H,22,23). The summed E-state index contributed by atoms with van der Waals surface area (Å²) in [5.41, 5.74) is 3.58. The highest BCUT2D eigenvalue weighted by atomic mass is 19.1. The third-order valence-electron chi connectivity index (χ3n) is 4.26. The zero-order valence-corrected chi connectivity index (χ0v) is 15.0. The summed E-state index contributed by atoms with van der Waals surface area (Å²) in [4.78, 5) is 4.29. The van der Waals surface area contributed by atoms with E-state index in [1.165, 1.54) is 6.07 Å². The highest BCUT2D eigenvalue weighted by Gasteiger charge is 2.09. The van der Waals surface area contributed by atoms with Gasteiger partial charge < -0.3 is 10.1 Å². The molecule has 1 N–H and O–H groups in total. The molecule has 2 aromatic heterocycles. The van der Waals surface area contributed by atoms with Crippen LogP contribution < -0.4 is 10.1 Å². The summed E-state index contributed by atoms with van der Waals surface area (Å²) in [5.74, 6) is 0.456. The Balaban J connectivity index is 1.55. The van der Waals surface area contributed by atoms with Crippen molar-refractivity contribution in [1.82, 2.24) is 20.0 Å². The number of anilines is 1. The number of nitrogens with one attached hydrogen (secondary N) is 1. The van der Waals surface area contributed by atoms with Gasteiger partial charge in [-0.3, -0.25) is 0 Å². The molecule has 0 saturated carbocycles. The second-order valence-corrected chi connectivity index (χ2v) is 6.15. The molecule has 136 valence electrons. The van der Waals surface area contributed by atoms with Crippen molar-refractivity contribution in [3.8, 4) is 11.4 Å². The van der Waals surface area contributed by atoms with Crippen LogP contribution in [0.4, 0.5) is 10.1 Å². The first-order valence-electron chi connectivity index (χ1n) is 8.49. The molecular weight excluding hydrogens is 345 g/mol. The van der Waals surface area contributed by atoms with E-state index in [4.69, 9.17) is 4.74 Å². The highest BCUT2D eigenvalue weighted by molar-refractivity contribution is 5.91. The van der Waals surface area contributed by atoms with Crippen molar-refractivity contribution in [3.63, 3.8) is 0 Å². The van der Waals surface area contributed by atoms with Gasteiger partial charge in [0.25, 0.3) is 0 Å². The van der Waals surface area contributed by atoms with Crippen LogP contribution in [0.25, 0.3) is 16.6 Å². The van der Waals surface area contributed by atoms with Crippen LogP contribution in [-0.2, 0) is 6.54 Å². The van der Waals surface area contributed by atoms with Crippen LogP contribution in [0.5, 0.6) is 5.75 Å². The summed E-state index contributed by atoms with van der Waals surface area (Å²) in [6.07, 6.45) is 1.85. The van der Waals surface area contributed by atoms with Crippen LogP contribution in [0.15, 0.2) is 54.7 Å². The van der Waals surface area contributed by atoms with Crippen LogP contribution in [-0.4, -0.2) is 27.1 Å². The van der Waals surface area contributed by atoms with Crippen molar-refractivity contribution >= 4 is 16.6 Å². The summed E-state index contributed by atoms with van der Waals surface area (Å²) < 4.78 is 20.9. The lowest BCUT2D eigenvalue weighted by atomic mass is 10.1. The maximum Gasteiger partial charge on any atom is 0.149 e. The molecule has 0 aliphatic carbocycles. The van der Waals surface area contributed by atoms with E-state index in [0.717, 1.165) is 33.9 Å². The largest absolute Gasteiger partial charge is 0.497 e. The summed E-state index contributed by atoms with van der Waals surface area (Å²) in [6.45, 7) is 2.31. The number of hydrogen-bond acceptors (Lipinski definition) is 5. The molecule has 6 nitrogen and oxygen atoms in total. The van der Waals surface area contributed by atoms with Crippen molar-refractivity contribution in [1.29, 1.82) is 0 Å². The topological polar surface area (TPSA) is 64.9 Å². The molecule has 0 spiro atoms. The van der Waals surface area contributed by atoms with Crippen LogP contribution in [0.1, 0.15) is 11.4 Å². The monoisotopic (exact) mass is 363 g/mol. The number of nitrogens with zero attached hydrogens (tertiary/aromatic N) is 4. The van der Waals surface area contributed by atoms with Gasteiger partial charge in [-0.2, -0.15) is 0 Å². The van der Waals surface area contributed by atoms with Gasteiger partial charge in [0.1, 0.15) is 22.8 Å². The number of rotatable bonds is 5. The molecule has 0 radical (unpaired) electrons. The molecular formula is C20H18FN5O. The number of halogens is 1. The molecule has 0 aliphatic heterocycles. The Bertz CT molecular complexity index is 1090. The Morgan fingerprint density at radius 2 is 1.96 bits per heavy atom. The van der Waals surface area contributed by atoms with Crippen molar-refractivity contribution < 1.29 is 9.13 Å². The van der Waals surface area contributed by atoms with E-state index in [9.17, 15) is 4.39 Å². The quantitative estimate of drug-likeness (QED) is 0.583. The van der Waals surface area contributed by atoms with E-state index in [0.29, 0.717) is 12.1 Å². The number of para-hydroxylation sites is 1. The maximum atomic E-state index is 14.0. The summed E-state index contributed by atoms with van der Waals surface area (Å²) in [7, 11) is 1.63. The molecule has 0 atom stereocenters. The van der Waals surface area contributed by atoms with Crippen LogP contribution >= 0.6 is 0 Å². The second kappa shape index (κ2) is 7.03. The van der Waals surface area contributed by atoms with E-state index in [-0.39, 0.29) is 5.82 Å². The average Bonchev–Trinajstić information content (AvgIpc) is 3.16. The van der Waals surface area contributed by atoms with Crippen LogP contribution in [0.2, 0.25) is 0 Å². The average molecular weight is 363 g/mol. The van der Waals surface area contributed by atoms with Gasteiger partial charge in [-0.1, -0.05) is 17.3 Å². The molecule has 0 bridgehead atoms. The Morgan fingerprint density at radius 3 is 2.74 bits per heavy atom. The maximum absolute atomic E-state index is 14.0. The van der Waals surface area contributed by atoms with E-state index in [1.54, 1.807) is 17.9 Å². The predicted octanol–water partition coefficient (Wildman–Crippen LogP) is 3.88. The molecule has 0 fully saturated rings. The molecule has 0 saturated heterocycles. The lowest BCUT2D eigenvalue weighted by Crippen LogP contribution is -2.02. The van der Waals surface area contributed by atoms with Gasteiger partial charge in [-0.05, 0) is 43.3 Å². The fraction of sp³-hybridized carbons (Fsp3) is 0.150. The first-order valence-corrected chi connectivity index (χ1v) is 8.49. The van der Waals surface area contributed by atoms with Gasteiger partial charge in [0.2, 0.25) is 0 Å². The van der Waals surface area contributed by atoms with Gasteiger partial charge in [0, 0.05) is 16.8 Å². The first kappa shape index (κ1) is 17.0. The van der Waals surface area contributed by atoms with Crippen LogP contribution in [0, 0.1) is 12.7 Å². The minimum absolute atomic E-state index is 0.329. The molecule has 2 heterocycles. The van der Waals surface area contributed by atoms with Crippen molar-refractivity contribution in [2.75, 3.05) is 12.4 Å². The number of pyridine rings is 1. The summed E-state index contributed by atoms with van der Waals surface area (Å²) in [6, 6.07) is 14.4. The SMILES string of the molecule is COc1ccc(-n2cc(CNc3cc(C)nc4c(F)cccc34)nn2)cc1. The molecule has 4 rings (SSSR count). The number of ether oxygens (including phenoxy) is 1. The molecule has 2 aromatic carbocycles. The second-order valence-electron chi connectivity index (χ2n) is 6.15. The van der Waals surface area contributed by atoms with Gasteiger partial charge in [0.05, 0.1) is 25.5 Å². The number of aryl methyl sites for hydroxylation is 1. The van der Waals surface area contributed by atoms with Crippen molar-refractivity contribution in [2.24, 2.45) is 0 Å². The molecule has 27 heavy (non-hydrogen) atoms.